The third-order valence-electron chi connectivity index (χ3n) is 2.88. The lowest BCUT2D eigenvalue weighted by Crippen LogP contribution is -2.13. The first-order chi connectivity index (χ1) is 9.74. The van der Waals surface area contributed by atoms with Crippen molar-refractivity contribution >= 4 is 35.1 Å². The Kier molecular flexibility index (Phi) is 3.31. The molecular formula is C15H10ClN3O. The summed E-state index contributed by atoms with van der Waals surface area (Å²) in [5, 5.41) is 11.4. The summed E-state index contributed by atoms with van der Waals surface area (Å²) in [7, 11) is 0. The number of fused-ring (bicyclic) bond motifs is 1. The van der Waals surface area contributed by atoms with Crippen molar-refractivity contribution in [2.45, 2.75) is 0 Å². The van der Waals surface area contributed by atoms with E-state index in [0.717, 1.165) is 16.8 Å². The number of nitrogens with one attached hydrogen (secondary N) is 1. The Morgan fingerprint density at radius 1 is 1.05 bits per heavy atom. The van der Waals surface area contributed by atoms with Crippen LogP contribution in [0.25, 0.3) is 0 Å². The Labute approximate surface area is 120 Å². The Hall–Kier alpha value is -2.46. The first-order valence-corrected chi connectivity index (χ1v) is 6.39. The third-order valence-corrected chi connectivity index (χ3v) is 3.13. The highest BCUT2D eigenvalue weighted by Crippen LogP contribution is 2.22. The molecule has 1 heterocycles. The highest BCUT2D eigenvalue weighted by atomic mass is 35.5. The molecule has 0 saturated carbocycles. The minimum absolute atomic E-state index is 0.237. The van der Waals surface area contributed by atoms with E-state index in [1.165, 1.54) is 0 Å². The van der Waals surface area contributed by atoms with Crippen LogP contribution in [0.5, 0.6) is 0 Å². The summed E-state index contributed by atoms with van der Waals surface area (Å²) < 4.78 is 0. The fourth-order valence-electron chi connectivity index (χ4n) is 1.90. The van der Waals surface area contributed by atoms with E-state index in [2.05, 4.69) is 15.5 Å². The van der Waals surface area contributed by atoms with Gasteiger partial charge in [-0.05, 0) is 23.8 Å². The molecule has 5 heteroatoms. The Balaban J connectivity index is 1.86. The van der Waals surface area contributed by atoms with Crippen LogP contribution in [-0.2, 0) is 4.79 Å². The first-order valence-electron chi connectivity index (χ1n) is 6.01. The molecule has 2 aromatic carbocycles. The molecule has 1 N–H and O–H groups in total. The highest BCUT2D eigenvalue weighted by Gasteiger charge is 2.25. The Morgan fingerprint density at radius 3 is 2.60 bits per heavy atom. The predicted molar refractivity (Wildman–Crippen MR) is 80.7 cm³/mol. The Bertz CT molecular complexity index is 720. The molecule has 98 valence electrons. The van der Waals surface area contributed by atoms with Gasteiger partial charge >= 0.3 is 0 Å². The maximum atomic E-state index is 11.8. The number of hydrogen-bond acceptors (Lipinski definition) is 3. The van der Waals surface area contributed by atoms with Gasteiger partial charge in [0.1, 0.15) is 0 Å². The number of nitrogens with zero attached hydrogens (tertiary/aromatic N) is 2. The van der Waals surface area contributed by atoms with Gasteiger partial charge in [0, 0.05) is 10.6 Å². The van der Waals surface area contributed by atoms with Crippen molar-refractivity contribution in [2.75, 3.05) is 5.32 Å². The largest absolute Gasteiger partial charge is 0.320 e. The van der Waals surface area contributed by atoms with Crippen molar-refractivity contribution < 1.29 is 4.79 Å². The van der Waals surface area contributed by atoms with Crippen molar-refractivity contribution in [3.8, 4) is 0 Å². The molecule has 3 rings (SSSR count). The van der Waals surface area contributed by atoms with Crippen LogP contribution in [0.3, 0.4) is 0 Å². The fraction of sp³-hybridized carbons (Fsp3) is 0. The zero-order valence-corrected chi connectivity index (χ0v) is 11.1. The van der Waals surface area contributed by atoms with Crippen LogP contribution in [0.1, 0.15) is 11.1 Å². The molecule has 0 aromatic heterocycles. The molecule has 0 fully saturated rings. The Morgan fingerprint density at radius 2 is 1.80 bits per heavy atom. The molecule has 2 aromatic rings. The molecule has 0 radical (unpaired) electrons. The van der Waals surface area contributed by atoms with E-state index in [-0.39, 0.29) is 5.91 Å². The van der Waals surface area contributed by atoms with Crippen LogP contribution in [-0.4, -0.2) is 17.8 Å². The number of para-hydroxylation sites is 1. The molecule has 0 saturated heterocycles. The van der Waals surface area contributed by atoms with Crippen molar-refractivity contribution in [1.82, 2.24) is 0 Å². The summed E-state index contributed by atoms with van der Waals surface area (Å²) in [5.41, 5.74) is 2.72. The number of anilines is 1. The molecule has 0 unspecified atom stereocenters. The van der Waals surface area contributed by atoms with Crippen molar-refractivity contribution in [1.29, 1.82) is 0 Å². The molecule has 1 aliphatic heterocycles. The van der Waals surface area contributed by atoms with Gasteiger partial charge in [0.2, 0.25) is 0 Å². The van der Waals surface area contributed by atoms with Crippen LogP contribution in [0.2, 0.25) is 5.02 Å². The summed E-state index contributed by atoms with van der Waals surface area (Å²) in [5.74, 6) is -0.237. The van der Waals surface area contributed by atoms with Gasteiger partial charge in [0.25, 0.3) is 5.91 Å². The van der Waals surface area contributed by atoms with Crippen LogP contribution < -0.4 is 5.32 Å². The third kappa shape index (κ3) is 2.46. The van der Waals surface area contributed by atoms with Crippen molar-refractivity contribution in [3.63, 3.8) is 0 Å². The molecule has 1 aliphatic rings. The topological polar surface area (TPSA) is 53.8 Å². The fourth-order valence-corrected chi connectivity index (χ4v) is 2.03. The van der Waals surface area contributed by atoms with Crippen LogP contribution in [0.15, 0.2) is 58.7 Å². The molecule has 0 aliphatic carbocycles. The van der Waals surface area contributed by atoms with Crippen molar-refractivity contribution in [3.05, 3.63) is 64.7 Å². The smallest absolute Gasteiger partial charge is 0.276 e. The summed E-state index contributed by atoms with van der Waals surface area (Å²) in [4.78, 5) is 11.8. The van der Waals surface area contributed by atoms with E-state index in [1.807, 2.05) is 36.4 Å². The number of halogens is 1. The van der Waals surface area contributed by atoms with E-state index < -0.39 is 0 Å². The predicted octanol–water partition coefficient (Wildman–Crippen LogP) is 3.12. The summed E-state index contributed by atoms with van der Waals surface area (Å²) in [6, 6.07) is 14.6. The molecule has 0 atom stereocenters. The van der Waals surface area contributed by atoms with Gasteiger partial charge < -0.3 is 5.32 Å². The monoisotopic (exact) mass is 283 g/mol. The van der Waals surface area contributed by atoms with E-state index in [9.17, 15) is 4.79 Å². The van der Waals surface area contributed by atoms with Gasteiger partial charge in [0.05, 0.1) is 11.9 Å². The zero-order valence-electron chi connectivity index (χ0n) is 10.4. The average Bonchev–Trinajstić information content (AvgIpc) is 2.77. The second-order valence-electron chi connectivity index (χ2n) is 4.24. The van der Waals surface area contributed by atoms with Crippen LogP contribution >= 0.6 is 11.6 Å². The van der Waals surface area contributed by atoms with Crippen molar-refractivity contribution in [2.24, 2.45) is 10.2 Å². The minimum Gasteiger partial charge on any atom is -0.320 e. The molecular weight excluding hydrogens is 274 g/mol. The molecule has 4 nitrogen and oxygen atoms in total. The lowest BCUT2D eigenvalue weighted by atomic mass is 10.1. The maximum Gasteiger partial charge on any atom is 0.276 e. The normalized spacial score (nSPS) is 15.7. The number of amides is 1. The van der Waals surface area contributed by atoms with Gasteiger partial charge in [0.15, 0.2) is 5.71 Å². The van der Waals surface area contributed by atoms with Gasteiger partial charge in [-0.3, -0.25) is 4.79 Å². The molecule has 0 spiro atoms. The summed E-state index contributed by atoms with van der Waals surface area (Å²) in [6.07, 6.45) is 1.58. The molecule has 20 heavy (non-hydrogen) atoms. The number of rotatable bonds is 2. The average molecular weight is 284 g/mol. The first kappa shape index (κ1) is 12.6. The second-order valence-corrected chi connectivity index (χ2v) is 4.68. The second kappa shape index (κ2) is 5.27. The van der Waals surface area contributed by atoms with Crippen LogP contribution in [0.4, 0.5) is 5.69 Å². The van der Waals surface area contributed by atoms with E-state index in [4.69, 9.17) is 11.6 Å². The SMILES string of the molecule is O=C1Nc2ccccc2/C1=N\N=C\c1ccc(Cl)cc1. The number of carbonyl (C=O) groups is 1. The van der Waals surface area contributed by atoms with E-state index >= 15 is 0 Å². The minimum atomic E-state index is -0.237. The van der Waals surface area contributed by atoms with Gasteiger partial charge in [-0.2, -0.15) is 5.10 Å². The summed E-state index contributed by atoms with van der Waals surface area (Å²) in [6.45, 7) is 0. The summed E-state index contributed by atoms with van der Waals surface area (Å²) >= 11 is 5.80. The lowest BCUT2D eigenvalue weighted by molar-refractivity contribution is -0.110. The molecule has 0 bridgehead atoms. The van der Waals surface area contributed by atoms with E-state index in [1.54, 1.807) is 18.3 Å². The lowest BCUT2D eigenvalue weighted by Gasteiger charge is -1.94. The number of carbonyl (C=O) groups excluding carboxylic acids is 1. The van der Waals surface area contributed by atoms with Gasteiger partial charge in [-0.15, -0.1) is 5.10 Å². The quantitative estimate of drug-likeness (QED) is 0.668. The van der Waals surface area contributed by atoms with Crippen LogP contribution in [0, 0.1) is 0 Å². The standard InChI is InChI=1S/C15H10ClN3O/c16-11-7-5-10(6-8-11)9-17-19-14-12-3-1-2-4-13(12)18-15(14)20/h1-9H,(H,18,19,20)/b17-9+. The van der Waals surface area contributed by atoms with Gasteiger partial charge in [-0.1, -0.05) is 41.9 Å². The van der Waals surface area contributed by atoms with Gasteiger partial charge in [-0.25, -0.2) is 0 Å². The number of hydrogen-bond donors (Lipinski definition) is 1. The maximum absolute atomic E-state index is 11.8. The highest BCUT2D eigenvalue weighted by molar-refractivity contribution is 6.53. The molecule has 1 amide bonds. The zero-order chi connectivity index (χ0) is 13.9. The number of benzene rings is 2. The van der Waals surface area contributed by atoms with E-state index in [0.29, 0.717) is 10.7 Å².